The van der Waals surface area contributed by atoms with Gasteiger partial charge in [0.15, 0.2) is 0 Å². The Bertz CT molecular complexity index is 431. The Balaban J connectivity index is 0.000000347. The van der Waals surface area contributed by atoms with Gasteiger partial charge in [0.05, 0.1) is 0 Å². The third-order valence-electron chi connectivity index (χ3n) is 2.68. The van der Waals surface area contributed by atoms with Crippen molar-refractivity contribution in [2.75, 3.05) is 13.2 Å². The summed E-state index contributed by atoms with van der Waals surface area (Å²) >= 11 is 13.0. The van der Waals surface area contributed by atoms with E-state index < -0.39 is 5.97 Å². The van der Waals surface area contributed by atoms with E-state index in [1.807, 2.05) is 74.5 Å². The molecule has 0 saturated carbocycles. The van der Waals surface area contributed by atoms with Gasteiger partial charge in [-0.3, -0.25) is 0 Å². The van der Waals surface area contributed by atoms with Crippen molar-refractivity contribution >= 4 is 39.1 Å². The van der Waals surface area contributed by atoms with Gasteiger partial charge in [-0.05, 0) is 13.8 Å². The van der Waals surface area contributed by atoms with E-state index in [1.54, 1.807) is 0 Å². The number of rotatable bonds is 4. The average molecular weight is 331 g/mol. The van der Waals surface area contributed by atoms with Crippen LogP contribution in [-0.2, 0) is 4.74 Å². The van der Waals surface area contributed by atoms with Gasteiger partial charge < -0.3 is 4.74 Å². The molecule has 0 heterocycles. The standard InChI is InChI=1S/C12H11Cl2P.C4H10O/c13-15(14,11-7-3-1-4-8-11)12-9-5-2-6-10-12;1-3-5-4-2/h1-10,15H;3-4H2,1-2H3. The predicted molar refractivity (Wildman–Crippen MR) is 94.3 cm³/mol. The van der Waals surface area contributed by atoms with Crippen molar-refractivity contribution in [2.45, 2.75) is 13.8 Å². The number of halogens is 2. The molecular formula is C16H21Cl2OP. The van der Waals surface area contributed by atoms with Gasteiger partial charge in [-0.2, -0.15) is 0 Å². The van der Waals surface area contributed by atoms with Crippen LogP contribution >= 0.6 is 28.4 Å². The van der Waals surface area contributed by atoms with Gasteiger partial charge in [0.1, 0.15) is 0 Å². The molecule has 0 radical (unpaired) electrons. The predicted octanol–water partition coefficient (Wildman–Crippen LogP) is 4.74. The van der Waals surface area contributed by atoms with E-state index in [0.29, 0.717) is 0 Å². The Labute approximate surface area is 131 Å². The van der Waals surface area contributed by atoms with Gasteiger partial charge >= 0.3 is 99.7 Å². The van der Waals surface area contributed by atoms with E-state index in [-0.39, 0.29) is 0 Å². The Hall–Kier alpha value is -0.590. The molecule has 0 fully saturated rings. The molecule has 1 nitrogen and oxygen atoms in total. The van der Waals surface area contributed by atoms with Crippen molar-refractivity contribution in [1.29, 1.82) is 0 Å². The van der Waals surface area contributed by atoms with E-state index in [4.69, 9.17) is 27.2 Å². The molecule has 20 heavy (non-hydrogen) atoms. The molecule has 2 aromatic carbocycles. The van der Waals surface area contributed by atoms with Crippen LogP contribution in [0.3, 0.4) is 0 Å². The van der Waals surface area contributed by atoms with Crippen LogP contribution in [-0.4, -0.2) is 13.2 Å². The molecule has 0 unspecified atom stereocenters. The second-order valence-corrected chi connectivity index (χ2v) is 10.4. The van der Waals surface area contributed by atoms with Crippen LogP contribution in [0.5, 0.6) is 0 Å². The van der Waals surface area contributed by atoms with Gasteiger partial charge in [0, 0.05) is 13.2 Å². The molecule has 0 aliphatic carbocycles. The van der Waals surface area contributed by atoms with Crippen LogP contribution in [0.1, 0.15) is 13.8 Å². The molecule has 0 spiro atoms. The van der Waals surface area contributed by atoms with Crippen LogP contribution in [0, 0.1) is 0 Å². The topological polar surface area (TPSA) is 9.23 Å². The molecular weight excluding hydrogens is 310 g/mol. The molecule has 0 aromatic heterocycles. The third kappa shape index (κ3) is 5.42. The molecule has 0 aliphatic heterocycles. The van der Waals surface area contributed by atoms with Gasteiger partial charge in [-0.25, -0.2) is 0 Å². The molecule has 0 atom stereocenters. The van der Waals surface area contributed by atoms with E-state index in [0.717, 1.165) is 23.8 Å². The molecule has 0 aliphatic rings. The molecule has 2 rings (SSSR count). The maximum atomic E-state index is 6.49. The fraction of sp³-hybridized carbons (Fsp3) is 0.250. The molecule has 0 N–H and O–H groups in total. The molecule has 2 aromatic rings. The first-order valence-electron chi connectivity index (χ1n) is 6.69. The zero-order chi connectivity index (χ0) is 14.8. The Morgan fingerprint density at radius 3 is 1.35 bits per heavy atom. The van der Waals surface area contributed by atoms with Crippen LogP contribution < -0.4 is 10.6 Å². The SMILES string of the molecule is CCOCC.Cl[PH](Cl)(c1ccccc1)c1ccccc1. The number of benzene rings is 2. The normalized spacial score (nSPS) is 11.4. The van der Waals surface area contributed by atoms with Gasteiger partial charge in [0.2, 0.25) is 0 Å². The summed E-state index contributed by atoms with van der Waals surface area (Å²) in [6.07, 6.45) is 0. The van der Waals surface area contributed by atoms with Crippen molar-refractivity contribution in [3.8, 4) is 0 Å². The van der Waals surface area contributed by atoms with Gasteiger partial charge in [-0.1, -0.05) is 0 Å². The van der Waals surface area contributed by atoms with Crippen molar-refractivity contribution in [3.05, 3.63) is 60.7 Å². The average Bonchev–Trinajstić information content (AvgIpc) is 2.50. The molecule has 0 amide bonds. The Morgan fingerprint density at radius 1 is 0.750 bits per heavy atom. The molecule has 0 saturated heterocycles. The summed E-state index contributed by atoms with van der Waals surface area (Å²) in [6, 6.07) is 19.7. The Kier molecular flexibility index (Phi) is 8.18. The molecule has 110 valence electrons. The van der Waals surface area contributed by atoms with Crippen LogP contribution in [0.25, 0.3) is 0 Å². The Morgan fingerprint density at radius 2 is 1.10 bits per heavy atom. The first-order valence-corrected chi connectivity index (χ1v) is 10.7. The van der Waals surface area contributed by atoms with Crippen molar-refractivity contribution in [1.82, 2.24) is 0 Å². The van der Waals surface area contributed by atoms with Crippen LogP contribution in [0.2, 0.25) is 0 Å². The monoisotopic (exact) mass is 330 g/mol. The number of hydrogen-bond donors (Lipinski definition) is 0. The number of ether oxygens (including phenoxy) is 1. The third-order valence-corrected chi connectivity index (χ3v) is 7.42. The fourth-order valence-corrected chi connectivity index (χ4v) is 4.73. The quantitative estimate of drug-likeness (QED) is 0.736. The summed E-state index contributed by atoms with van der Waals surface area (Å²) < 4.78 is 4.83. The van der Waals surface area contributed by atoms with E-state index in [1.165, 1.54) is 0 Å². The van der Waals surface area contributed by atoms with Crippen molar-refractivity contribution in [3.63, 3.8) is 0 Å². The van der Waals surface area contributed by atoms with Crippen molar-refractivity contribution in [2.24, 2.45) is 0 Å². The second-order valence-electron chi connectivity index (χ2n) is 4.09. The van der Waals surface area contributed by atoms with Crippen molar-refractivity contribution < 1.29 is 4.74 Å². The fourth-order valence-electron chi connectivity index (χ4n) is 1.67. The van der Waals surface area contributed by atoms with E-state index >= 15 is 0 Å². The van der Waals surface area contributed by atoms with Gasteiger partial charge in [-0.15, -0.1) is 0 Å². The first kappa shape index (κ1) is 17.5. The van der Waals surface area contributed by atoms with Gasteiger partial charge in [0.25, 0.3) is 0 Å². The minimum atomic E-state index is -2.51. The minimum absolute atomic E-state index is 0.844. The summed E-state index contributed by atoms with van der Waals surface area (Å²) in [5, 5.41) is 2.05. The summed E-state index contributed by atoms with van der Waals surface area (Å²) in [6.45, 7) is 5.67. The second kappa shape index (κ2) is 9.37. The van der Waals surface area contributed by atoms with E-state index in [9.17, 15) is 0 Å². The molecule has 0 bridgehead atoms. The van der Waals surface area contributed by atoms with E-state index in [2.05, 4.69) is 0 Å². The van der Waals surface area contributed by atoms with Crippen LogP contribution in [0.4, 0.5) is 0 Å². The zero-order valence-electron chi connectivity index (χ0n) is 11.9. The summed E-state index contributed by atoms with van der Waals surface area (Å²) in [7, 11) is 0. The summed E-state index contributed by atoms with van der Waals surface area (Å²) in [5.41, 5.74) is 0. The first-order chi connectivity index (χ1) is 9.62. The maximum absolute atomic E-state index is 6.49. The summed E-state index contributed by atoms with van der Waals surface area (Å²) in [5.74, 6) is -2.51. The van der Waals surface area contributed by atoms with Crippen LogP contribution in [0.15, 0.2) is 60.7 Å². The zero-order valence-corrected chi connectivity index (χ0v) is 14.4. The number of hydrogen-bond acceptors (Lipinski definition) is 1. The molecule has 4 heteroatoms. The summed E-state index contributed by atoms with van der Waals surface area (Å²) in [4.78, 5) is 0.